The molecule has 2 aromatic rings. The molecule has 1 N–H and O–H groups in total. The summed E-state index contributed by atoms with van der Waals surface area (Å²) in [4.78, 5) is 0. The highest BCUT2D eigenvalue weighted by Gasteiger charge is 2.12. The molecule has 0 aliphatic heterocycles. The lowest BCUT2D eigenvalue weighted by atomic mass is 10.1. The van der Waals surface area contributed by atoms with Crippen LogP contribution in [-0.2, 0) is 6.42 Å². The zero-order chi connectivity index (χ0) is 14.6. The van der Waals surface area contributed by atoms with Crippen LogP contribution in [0.25, 0.3) is 11.5 Å². The van der Waals surface area contributed by atoms with Crippen LogP contribution in [0.3, 0.4) is 0 Å². The van der Waals surface area contributed by atoms with Crippen molar-refractivity contribution in [1.82, 2.24) is 15.5 Å². The summed E-state index contributed by atoms with van der Waals surface area (Å²) in [5.74, 6) is 0.429. The maximum atomic E-state index is 13.6. The Morgan fingerprint density at radius 2 is 1.95 bits per heavy atom. The summed E-state index contributed by atoms with van der Waals surface area (Å²) in [5.41, 5.74) is 0.451. The van der Waals surface area contributed by atoms with Gasteiger partial charge in [0.15, 0.2) is 0 Å². The van der Waals surface area contributed by atoms with Gasteiger partial charge in [0.05, 0.1) is 5.56 Å². The Kier molecular flexibility index (Phi) is 4.49. The van der Waals surface area contributed by atoms with E-state index in [0.29, 0.717) is 17.9 Å². The van der Waals surface area contributed by atoms with Gasteiger partial charge in [-0.15, -0.1) is 10.2 Å². The summed E-state index contributed by atoms with van der Waals surface area (Å²) in [6.45, 7) is 7.24. The van der Waals surface area contributed by atoms with Crippen molar-refractivity contribution in [3.05, 3.63) is 36.0 Å². The van der Waals surface area contributed by atoms with Crippen molar-refractivity contribution in [1.29, 1.82) is 0 Å². The molecule has 4 nitrogen and oxygen atoms in total. The van der Waals surface area contributed by atoms with E-state index in [1.165, 1.54) is 6.07 Å². The topological polar surface area (TPSA) is 51.0 Å². The van der Waals surface area contributed by atoms with E-state index in [1.54, 1.807) is 18.2 Å². The van der Waals surface area contributed by atoms with Crippen molar-refractivity contribution >= 4 is 0 Å². The van der Waals surface area contributed by atoms with Crippen molar-refractivity contribution in [3.8, 4) is 11.5 Å². The highest BCUT2D eigenvalue weighted by molar-refractivity contribution is 5.53. The fraction of sp³-hybridized carbons (Fsp3) is 0.467. The van der Waals surface area contributed by atoms with Crippen LogP contribution in [0.2, 0.25) is 0 Å². The van der Waals surface area contributed by atoms with E-state index in [2.05, 4.69) is 36.3 Å². The summed E-state index contributed by atoms with van der Waals surface area (Å²) in [6.07, 6.45) is 1.58. The molecular formula is C15H20FN3O. The van der Waals surface area contributed by atoms with Crippen molar-refractivity contribution < 1.29 is 8.81 Å². The molecule has 0 amide bonds. The summed E-state index contributed by atoms with van der Waals surface area (Å²) in [7, 11) is 0. The summed E-state index contributed by atoms with van der Waals surface area (Å²) >= 11 is 0. The molecule has 108 valence electrons. The molecule has 0 atom stereocenters. The standard InChI is InChI=1S/C15H20FN3O/c1-15(2,3)17-10-6-9-13-18-19-14(20-13)11-7-4-5-8-12(11)16/h4-5,7-8,17H,6,9-10H2,1-3H3. The van der Waals surface area contributed by atoms with Gasteiger partial charge < -0.3 is 9.73 Å². The van der Waals surface area contributed by atoms with E-state index in [4.69, 9.17) is 4.42 Å². The summed E-state index contributed by atoms with van der Waals surface area (Å²) in [5, 5.41) is 11.2. The third kappa shape index (κ3) is 4.13. The molecule has 5 heteroatoms. The van der Waals surface area contributed by atoms with Crippen LogP contribution in [-0.4, -0.2) is 22.3 Å². The molecule has 0 radical (unpaired) electrons. The second-order valence-electron chi connectivity index (χ2n) is 5.76. The molecule has 2 rings (SSSR count). The van der Waals surface area contributed by atoms with Crippen LogP contribution >= 0.6 is 0 Å². The zero-order valence-corrected chi connectivity index (χ0v) is 12.1. The smallest absolute Gasteiger partial charge is 0.250 e. The van der Waals surface area contributed by atoms with E-state index >= 15 is 0 Å². The highest BCUT2D eigenvalue weighted by Crippen LogP contribution is 2.21. The third-order valence-electron chi connectivity index (χ3n) is 2.79. The quantitative estimate of drug-likeness (QED) is 0.853. The molecular weight excluding hydrogens is 257 g/mol. The Labute approximate surface area is 118 Å². The van der Waals surface area contributed by atoms with Gasteiger partial charge in [0.1, 0.15) is 5.82 Å². The van der Waals surface area contributed by atoms with Crippen molar-refractivity contribution in [2.75, 3.05) is 6.54 Å². The second-order valence-corrected chi connectivity index (χ2v) is 5.76. The number of aryl methyl sites for hydroxylation is 1. The van der Waals surface area contributed by atoms with Gasteiger partial charge in [-0.05, 0) is 45.9 Å². The molecule has 0 saturated heterocycles. The third-order valence-corrected chi connectivity index (χ3v) is 2.79. The fourth-order valence-corrected chi connectivity index (χ4v) is 1.80. The Morgan fingerprint density at radius 1 is 1.20 bits per heavy atom. The summed E-state index contributed by atoms with van der Waals surface area (Å²) < 4.78 is 19.1. The lowest BCUT2D eigenvalue weighted by molar-refractivity contribution is 0.412. The Hall–Kier alpha value is -1.75. The van der Waals surface area contributed by atoms with Crippen molar-refractivity contribution in [2.24, 2.45) is 0 Å². The highest BCUT2D eigenvalue weighted by atomic mass is 19.1. The number of aromatic nitrogens is 2. The lowest BCUT2D eigenvalue weighted by Crippen LogP contribution is -2.36. The number of rotatable bonds is 5. The average Bonchev–Trinajstić information content (AvgIpc) is 2.83. The predicted octanol–water partition coefficient (Wildman–Crippen LogP) is 3.20. The molecule has 0 aliphatic carbocycles. The maximum absolute atomic E-state index is 13.6. The predicted molar refractivity (Wildman–Crippen MR) is 75.8 cm³/mol. The number of hydrogen-bond donors (Lipinski definition) is 1. The van der Waals surface area contributed by atoms with E-state index < -0.39 is 0 Å². The molecule has 0 spiro atoms. The molecule has 20 heavy (non-hydrogen) atoms. The van der Waals surface area contributed by atoms with Gasteiger partial charge in [-0.2, -0.15) is 0 Å². The average molecular weight is 277 g/mol. The number of benzene rings is 1. The first-order valence-corrected chi connectivity index (χ1v) is 6.78. The van der Waals surface area contributed by atoms with E-state index in [0.717, 1.165) is 13.0 Å². The van der Waals surface area contributed by atoms with Gasteiger partial charge in [-0.3, -0.25) is 0 Å². The largest absolute Gasteiger partial charge is 0.421 e. The molecule has 1 aromatic heterocycles. The van der Waals surface area contributed by atoms with Crippen molar-refractivity contribution in [2.45, 2.75) is 39.2 Å². The van der Waals surface area contributed by atoms with E-state index in [1.807, 2.05) is 0 Å². The van der Waals surface area contributed by atoms with Gasteiger partial charge in [0.25, 0.3) is 5.89 Å². The molecule has 0 saturated carbocycles. The molecule has 1 heterocycles. The molecule has 0 aliphatic rings. The van der Waals surface area contributed by atoms with E-state index in [-0.39, 0.29) is 17.2 Å². The number of nitrogens with zero attached hydrogens (tertiary/aromatic N) is 2. The Bertz CT molecular complexity index is 560. The lowest BCUT2D eigenvalue weighted by Gasteiger charge is -2.19. The zero-order valence-electron chi connectivity index (χ0n) is 12.1. The molecule has 0 unspecified atom stereocenters. The maximum Gasteiger partial charge on any atom is 0.250 e. The van der Waals surface area contributed by atoms with Crippen molar-refractivity contribution in [3.63, 3.8) is 0 Å². The first kappa shape index (κ1) is 14.7. The Morgan fingerprint density at radius 3 is 2.65 bits per heavy atom. The minimum atomic E-state index is -0.350. The minimum Gasteiger partial charge on any atom is -0.421 e. The van der Waals surface area contributed by atoms with E-state index in [9.17, 15) is 4.39 Å². The number of hydrogen-bond acceptors (Lipinski definition) is 4. The monoisotopic (exact) mass is 277 g/mol. The normalized spacial score (nSPS) is 11.8. The summed E-state index contributed by atoms with van der Waals surface area (Å²) in [6, 6.07) is 6.39. The van der Waals surface area contributed by atoms with Crippen LogP contribution in [0.5, 0.6) is 0 Å². The SMILES string of the molecule is CC(C)(C)NCCCc1nnc(-c2ccccc2F)o1. The first-order chi connectivity index (χ1) is 9.46. The first-order valence-electron chi connectivity index (χ1n) is 6.78. The van der Waals surface area contributed by atoms with Crippen LogP contribution < -0.4 is 5.32 Å². The van der Waals surface area contributed by atoms with Gasteiger partial charge in [-0.1, -0.05) is 12.1 Å². The fourth-order valence-electron chi connectivity index (χ4n) is 1.80. The van der Waals surface area contributed by atoms with Gasteiger partial charge >= 0.3 is 0 Å². The van der Waals surface area contributed by atoms with Crippen LogP contribution in [0.1, 0.15) is 33.1 Å². The second kappa shape index (κ2) is 6.13. The number of nitrogens with one attached hydrogen (secondary N) is 1. The van der Waals surface area contributed by atoms with Crippen LogP contribution in [0, 0.1) is 5.82 Å². The van der Waals surface area contributed by atoms with Crippen LogP contribution in [0.4, 0.5) is 4.39 Å². The van der Waals surface area contributed by atoms with Crippen LogP contribution in [0.15, 0.2) is 28.7 Å². The van der Waals surface area contributed by atoms with Gasteiger partial charge in [0.2, 0.25) is 5.89 Å². The molecule has 0 fully saturated rings. The van der Waals surface area contributed by atoms with Gasteiger partial charge in [0, 0.05) is 12.0 Å². The number of halogens is 1. The van der Waals surface area contributed by atoms with Gasteiger partial charge in [-0.25, -0.2) is 4.39 Å². The molecule has 1 aromatic carbocycles. The Balaban J connectivity index is 1.92. The minimum absolute atomic E-state index is 0.104. The molecule has 0 bridgehead atoms.